The molecule has 0 radical (unpaired) electrons. The number of ether oxygens (including phenoxy) is 1. The summed E-state index contributed by atoms with van der Waals surface area (Å²) in [5.41, 5.74) is 2.77. The van der Waals surface area contributed by atoms with Gasteiger partial charge in [0.25, 0.3) is 0 Å². The van der Waals surface area contributed by atoms with Crippen LogP contribution < -0.4 is 4.74 Å². The number of aromatic nitrogens is 1. The van der Waals surface area contributed by atoms with Crippen molar-refractivity contribution in [3.8, 4) is 18.1 Å². The third-order valence-electron chi connectivity index (χ3n) is 4.22. The molecule has 0 aliphatic heterocycles. The molecule has 0 fully saturated rings. The number of aromatic amines is 1. The number of allylic oxidation sites excluding steroid dienone is 2. The molecule has 120 valence electrons. The summed E-state index contributed by atoms with van der Waals surface area (Å²) < 4.78 is 5.46. The van der Waals surface area contributed by atoms with E-state index in [1.807, 2.05) is 12.1 Å². The van der Waals surface area contributed by atoms with Gasteiger partial charge in [-0.05, 0) is 24.3 Å². The Kier molecular flexibility index (Phi) is 3.48. The number of terminal acetylenes is 1. The molecular formula is C21H13NO3. The van der Waals surface area contributed by atoms with Crippen molar-refractivity contribution in [1.29, 1.82) is 0 Å². The van der Waals surface area contributed by atoms with E-state index in [-0.39, 0.29) is 18.2 Å². The maximum absolute atomic E-state index is 12.9. The van der Waals surface area contributed by atoms with Gasteiger partial charge in [0.05, 0.1) is 0 Å². The Balaban J connectivity index is 1.84. The quantitative estimate of drug-likeness (QED) is 0.747. The maximum atomic E-state index is 12.9. The first-order valence-corrected chi connectivity index (χ1v) is 7.76. The second kappa shape index (κ2) is 5.81. The van der Waals surface area contributed by atoms with Gasteiger partial charge in [0, 0.05) is 39.4 Å². The Morgan fingerprint density at radius 3 is 2.64 bits per heavy atom. The summed E-state index contributed by atoms with van der Waals surface area (Å²) in [4.78, 5) is 28.4. The van der Waals surface area contributed by atoms with Crippen molar-refractivity contribution in [2.75, 3.05) is 6.61 Å². The van der Waals surface area contributed by atoms with Crippen LogP contribution in [0.4, 0.5) is 0 Å². The minimum atomic E-state index is -0.167. The molecule has 0 saturated carbocycles. The summed E-state index contributed by atoms with van der Waals surface area (Å²) in [7, 11) is 0. The van der Waals surface area contributed by atoms with E-state index in [1.54, 1.807) is 36.5 Å². The second-order valence-corrected chi connectivity index (χ2v) is 5.70. The molecule has 2 aromatic carbocycles. The summed E-state index contributed by atoms with van der Waals surface area (Å²) in [6.07, 6.45) is 8.36. The molecular weight excluding hydrogens is 314 g/mol. The largest absolute Gasteiger partial charge is 0.481 e. The van der Waals surface area contributed by atoms with E-state index in [2.05, 4.69) is 10.9 Å². The number of benzene rings is 2. The number of nitrogens with one attached hydrogen (secondary N) is 1. The van der Waals surface area contributed by atoms with Crippen LogP contribution in [0.5, 0.6) is 5.75 Å². The van der Waals surface area contributed by atoms with Gasteiger partial charge in [0.1, 0.15) is 12.4 Å². The minimum absolute atomic E-state index is 0.161. The van der Waals surface area contributed by atoms with Crippen molar-refractivity contribution in [1.82, 2.24) is 4.98 Å². The molecule has 4 nitrogen and oxygen atoms in total. The van der Waals surface area contributed by atoms with Gasteiger partial charge < -0.3 is 9.72 Å². The van der Waals surface area contributed by atoms with Gasteiger partial charge >= 0.3 is 0 Å². The lowest BCUT2D eigenvalue weighted by atomic mass is 9.86. The van der Waals surface area contributed by atoms with Gasteiger partial charge in [-0.2, -0.15) is 0 Å². The number of carbonyl (C=O) groups is 2. The Bertz CT molecular complexity index is 1100. The Hall–Kier alpha value is -3.58. The molecule has 25 heavy (non-hydrogen) atoms. The fourth-order valence-electron chi connectivity index (χ4n) is 3.05. The predicted molar refractivity (Wildman–Crippen MR) is 95.7 cm³/mol. The predicted octanol–water partition coefficient (Wildman–Crippen LogP) is 3.64. The SMILES string of the molecule is C#CCOc1ccc2[nH]cc(C3=CC(=O)c4ccccc4C3=O)c2c1. The lowest BCUT2D eigenvalue weighted by Gasteiger charge is -2.14. The van der Waals surface area contributed by atoms with Crippen LogP contribution in [0.15, 0.2) is 54.7 Å². The molecule has 0 bridgehead atoms. The van der Waals surface area contributed by atoms with Gasteiger partial charge in [0.15, 0.2) is 11.6 Å². The van der Waals surface area contributed by atoms with E-state index in [4.69, 9.17) is 11.2 Å². The van der Waals surface area contributed by atoms with Crippen molar-refractivity contribution in [2.24, 2.45) is 0 Å². The van der Waals surface area contributed by atoms with E-state index >= 15 is 0 Å². The van der Waals surface area contributed by atoms with Crippen LogP contribution in [-0.2, 0) is 0 Å². The first-order valence-electron chi connectivity index (χ1n) is 7.76. The standard InChI is InChI=1S/C21H13NO3/c1-2-9-25-13-7-8-19-16(10-13)18(12-22-19)17-11-20(23)14-5-3-4-6-15(14)21(17)24/h1,3-8,10-12,22H,9H2. The highest BCUT2D eigenvalue weighted by Crippen LogP contribution is 2.33. The highest BCUT2D eigenvalue weighted by Gasteiger charge is 2.27. The maximum Gasteiger partial charge on any atom is 0.194 e. The lowest BCUT2D eigenvalue weighted by Crippen LogP contribution is -2.15. The zero-order valence-corrected chi connectivity index (χ0v) is 13.2. The number of hydrogen-bond donors (Lipinski definition) is 1. The minimum Gasteiger partial charge on any atom is -0.481 e. The van der Waals surface area contributed by atoms with Crippen molar-refractivity contribution in [3.63, 3.8) is 0 Å². The number of Topliss-reactive ketones (excluding diaryl/α,β-unsaturated/α-hetero) is 1. The zero-order chi connectivity index (χ0) is 17.4. The van der Waals surface area contributed by atoms with Crippen LogP contribution in [0, 0.1) is 12.3 Å². The molecule has 1 aliphatic rings. The average molecular weight is 327 g/mol. The lowest BCUT2D eigenvalue weighted by molar-refractivity contribution is 0.100. The summed E-state index contributed by atoms with van der Waals surface area (Å²) in [6, 6.07) is 12.3. The average Bonchev–Trinajstić information content (AvgIpc) is 3.06. The molecule has 3 aromatic rings. The third-order valence-corrected chi connectivity index (χ3v) is 4.22. The molecule has 1 aliphatic carbocycles. The monoisotopic (exact) mass is 327 g/mol. The summed E-state index contributed by atoms with van der Waals surface area (Å²) in [5, 5.41) is 0.807. The summed E-state index contributed by atoms with van der Waals surface area (Å²) >= 11 is 0. The smallest absolute Gasteiger partial charge is 0.194 e. The molecule has 1 N–H and O–H groups in total. The molecule has 4 rings (SSSR count). The molecule has 0 atom stereocenters. The van der Waals surface area contributed by atoms with Gasteiger partial charge in [-0.15, -0.1) is 6.42 Å². The van der Waals surface area contributed by atoms with Gasteiger partial charge in [-0.3, -0.25) is 9.59 Å². The Morgan fingerprint density at radius 1 is 1.04 bits per heavy atom. The highest BCUT2D eigenvalue weighted by atomic mass is 16.5. The number of rotatable bonds is 3. The van der Waals surface area contributed by atoms with Crippen molar-refractivity contribution >= 4 is 28.0 Å². The van der Waals surface area contributed by atoms with Gasteiger partial charge in [-0.25, -0.2) is 0 Å². The molecule has 0 saturated heterocycles. The van der Waals surface area contributed by atoms with Crippen molar-refractivity contribution in [3.05, 3.63) is 71.4 Å². The van der Waals surface area contributed by atoms with E-state index in [0.717, 1.165) is 10.9 Å². The summed E-state index contributed by atoms with van der Waals surface area (Å²) in [5.74, 6) is 2.70. The number of hydrogen-bond acceptors (Lipinski definition) is 3. The fraction of sp³-hybridized carbons (Fsp3) is 0.0476. The molecule has 4 heteroatoms. The Morgan fingerprint density at radius 2 is 1.84 bits per heavy atom. The number of ketones is 2. The number of carbonyl (C=O) groups excluding carboxylic acids is 2. The van der Waals surface area contributed by atoms with Crippen LogP contribution in [-0.4, -0.2) is 23.2 Å². The third kappa shape index (κ3) is 2.43. The molecule has 1 aromatic heterocycles. The van der Waals surface area contributed by atoms with E-state index in [1.165, 1.54) is 6.08 Å². The van der Waals surface area contributed by atoms with Crippen LogP contribution in [0.25, 0.3) is 16.5 Å². The normalized spacial score (nSPS) is 13.3. The number of fused-ring (bicyclic) bond motifs is 2. The van der Waals surface area contributed by atoms with Gasteiger partial charge in [-0.1, -0.05) is 30.2 Å². The van der Waals surface area contributed by atoms with Crippen molar-refractivity contribution in [2.45, 2.75) is 0 Å². The van der Waals surface area contributed by atoms with Crippen LogP contribution in [0.1, 0.15) is 26.3 Å². The molecule has 0 unspecified atom stereocenters. The number of H-pyrrole nitrogens is 1. The molecule has 0 amide bonds. The first-order chi connectivity index (χ1) is 12.2. The fourth-order valence-corrected chi connectivity index (χ4v) is 3.05. The van der Waals surface area contributed by atoms with Crippen LogP contribution in [0.3, 0.4) is 0 Å². The Labute approximate surface area is 144 Å². The molecule has 0 spiro atoms. The summed E-state index contributed by atoms with van der Waals surface area (Å²) in [6.45, 7) is 0.165. The van der Waals surface area contributed by atoms with E-state index in [9.17, 15) is 9.59 Å². The van der Waals surface area contributed by atoms with Crippen LogP contribution >= 0.6 is 0 Å². The van der Waals surface area contributed by atoms with Crippen LogP contribution in [0.2, 0.25) is 0 Å². The molecule has 1 heterocycles. The van der Waals surface area contributed by atoms with Crippen molar-refractivity contribution < 1.29 is 14.3 Å². The highest BCUT2D eigenvalue weighted by molar-refractivity contribution is 6.39. The topological polar surface area (TPSA) is 59.2 Å². The second-order valence-electron chi connectivity index (χ2n) is 5.70. The van der Waals surface area contributed by atoms with E-state index in [0.29, 0.717) is 28.0 Å². The zero-order valence-electron chi connectivity index (χ0n) is 13.2. The van der Waals surface area contributed by atoms with Gasteiger partial charge in [0.2, 0.25) is 0 Å². The first kappa shape index (κ1) is 15.0. The van der Waals surface area contributed by atoms with E-state index < -0.39 is 0 Å².